The number of carbonyl (C=O) groups excluding carboxylic acids is 3. The zero-order chi connectivity index (χ0) is 27.4. The van der Waals surface area contributed by atoms with E-state index in [1.54, 1.807) is 12.1 Å². The lowest BCUT2D eigenvalue weighted by Gasteiger charge is -2.25. The number of carboxylic acids is 1. The van der Waals surface area contributed by atoms with Gasteiger partial charge in [0.15, 0.2) is 0 Å². The molecule has 1 aromatic carbocycles. The highest BCUT2D eigenvalue weighted by molar-refractivity contribution is 5.94. The molecule has 13 heteroatoms. The number of aromatic nitrogens is 2. The highest BCUT2D eigenvalue weighted by Gasteiger charge is 2.30. The number of hydrogen-bond donors (Lipinski definition) is 8. The number of benzene rings is 1. The number of phenolic OH excluding ortho intramolecular Hbond substituents is 1. The molecule has 4 unspecified atom stereocenters. The van der Waals surface area contributed by atoms with Crippen molar-refractivity contribution in [3.05, 3.63) is 48.0 Å². The van der Waals surface area contributed by atoms with Gasteiger partial charge >= 0.3 is 5.97 Å². The number of aromatic hydroxyl groups is 1. The standard InChI is InChI=1S/C24H35N7O6/c1-14(24(36)37)29-22(34)19(10-15-5-7-17(32)8-6-15)31-23(35)20(11-16-12-27-13-28-16)30-21(33)18(26)4-2-3-9-25/h5-8,12-14,18-20,32H,2-4,9-11,25-26H2,1H3,(H,27,28)(H,29,34)(H,30,33)(H,31,35)(H,36,37). The summed E-state index contributed by atoms with van der Waals surface area (Å²) in [4.78, 5) is 57.0. The first-order valence-corrected chi connectivity index (χ1v) is 12.0. The predicted octanol–water partition coefficient (Wildman–Crippen LogP) is -1.08. The van der Waals surface area contributed by atoms with E-state index in [9.17, 15) is 24.3 Å². The molecule has 13 nitrogen and oxygen atoms in total. The van der Waals surface area contributed by atoms with E-state index in [4.69, 9.17) is 16.6 Å². The van der Waals surface area contributed by atoms with Crippen molar-refractivity contribution >= 4 is 23.7 Å². The number of carboxylic acid groups (broad SMARTS) is 1. The van der Waals surface area contributed by atoms with Crippen molar-refractivity contribution in [2.24, 2.45) is 11.5 Å². The molecular formula is C24H35N7O6. The van der Waals surface area contributed by atoms with Gasteiger partial charge in [0.25, 0.3) is 0 Å². The summed E-state index contributed by atoms with van der Waals surface area (Å²) >= 11 is 0. The number of phenols is 1. The van der Waals surface area contributed by atoms with Crippen molar-refractivity contribution in [1.82, 2.24) is 25.9 Å². The van der Waals surface area contributed by atoms with E-state index in [2.05, 4.69) is 25.9 Å². The van der Waals surface area contributed by atoms with Crippen LogP contribution in [0.2, 0.25) is 0 Å². The Bertz CT molecular complexity index is 1030. The first kappa shape index (κ1) is 29.3. The van der Waals surface area contributed by atoms with Gasteiger partial charge in [0.1, 0.15) is 23.9 Å². The fraction of sp³-hybridized carbons (Fsp3) is 0.458. The van der Waals surface area contributed by atoms with Crippen LogP contribution in [0.25, 0.3) is 0 Å². The molecule has 0 bridgehead atoms. The van der Waals surface area contributed by atoms with E-state index >= 15 is 0 Å². The third kappa shape index (κ3) is 9.89. The third-order valence-electron chi connectivity index (χ3n) is 5.66. The van der Waals surface area contributed by atoms with E-state index < -0.39 is 47.9 Å². The molecule has 10 N–H and O–H groups in total. The lowest BCUT2D eigenvalue weighted by molar-refractivity contribution is -0.141. The molecule has 0 saturated heterocycles. The van der Waals surface area contributed by atoms with E-state index in [0.717, 1.165) is 0 Å². The van der Waals surface area contributed by atoms with Crippen molar-refractivity contribution in [1.29, 1.82) is 0 Å². The lowest BCUT2D eigenvalue weighted by atomic mass is 10.0. The fourth-order valence-corrected chi connectivity index (χ4v) is 3.47. The smallest absolute Gasteiger partial charge is 0.325 e. The Kier molecular flexibility index (Phi) is 11.5. The maximum atomic E-state index is 13.3. The number of hydrogen-bond acceptors (Lipinski definition) is 8. The normalized spacial score (nSPS) is 14.1. The molecule has 0 saturated carbocycles. The second-order valence-electron chi connectivity index (χ2n) is 8.73. The molecule has 0 radical (unpaired) electrons. The van der Waals surface area contributed by atoms with Crippen LogP contribution in [0.3, 0.4) is 0 Å². The van der Waals surface area contributed by atoms with Crippen molar-refractivity contribution in [3.8, 4) is 5.75 Å². The molecule has 0 aliphatic rings. The van der Waals surface area contributed by atoms with E-state index in [0.29, 0.717) is 37.1 Å². The van der Waals surface area contributed by atoms with Gasteiger partial charge in [-0.2, -0.15) is 0 Å². The number of H-pyrrole nitrogens is 1. The molecule has 0 fully saturated rings. The van der Waals surface area contributed by atoms with Crippen LogP contribution in [0.15, 0.2) is 36.8 Å². The monoisotopic (exact) mass is 517 g/mol. The van der Waals surface area contributed by atoms with Crippen molar-refractivity contribution in [2.75, 3.05) is 6.54 Å². The zero-order valence-electron chi connectivity index (χ0n) is 20.6. The van der Waals surface area contributed by atoms with Crippen LogP contribution in [0.5, 0.6) is 5.75 Å². The van der Waals surface area contributed by atoms with Crippen LogP contribution in [0.4, 0.5) is 0 Å². The summed E-state index contributed by atoms with van der Waals surface area (Å²) in [7, 11) is 0. The number of unbranched alkanes of at least 4 members (excludes halogenated alkanes) is 1. The topological polar surface area (TPSA) is 226 Å². The average Bonchev–Trinajstić information content (AvgIpc) is 3.37. The number of imidazole rings is 1. The second-order valence-corrected chi connectivity index (χ2v) is 8.73. The Balaban J connectivity index is 2.21. The number of carbonyl (C=O) groups is 4. The summed E-state index contributed by atoms with van der Waals surface area (Å²) < 4.78 is 0. The number of aromatic amines is 1. The maximum Gasteiger partial charge on any atom is 0.325 e. The molecular weight excluding hydrogens is 482 g/mol. The largest absolute Gasteiger partial charge is 0.508 e. The van der Waals surface area contributed by atoms with Crippen LogP contribution in [-0.4, -0.2) is 74.6 Å². The molecule has 0 spiro atoms. The van der Waals surface area contributed by atoms with Gasteiger partial charge in [-0.05, 0) is 44.0 Å². The van der Waals surface area contributed by atoms with E-state index in [-0.39, 0.29) is 18.6 Å². The van der Waals surface area contributed by atoms with Gasteiger partial charge in [-0.3, -0.25) is 19.2 Å². The lowest BCUT2D eigenvalue weighted by Crippen LogP contribution is -2.58. The minimum Gasteiger partial charge on any atom is -0.508 e. The Labute approximate surface area is 214 Å². The van der Waals surface area contributed by atoms with E-state index in [1.165, 1.54) is 31.6 Å². The number of nitrogens with zero attached hydrogens (tertiary/aromatic N) is 1. The number of rotatable bonds is 15. The van der Waals surface area contributed by atoms with Crippen LogP contribution in [-0.2, 0) is 32.0 Å². The number of nitrogens with two attached hydrogens (primary N) is 2. The third-order valence-corrected chi connectivity index (χ3v) is 5.66. The molecule has 37 heavy (non-hydrogen) atoms. The summed E-state index contributed by atoms with van der Waals surface area (Å²) in [5, 5.41) is 26.3. The molecule has 202 valence electrons. The highest BCUT2D eigenvalue weighted by Crippen LogP contribution is 2.12. The quantitative estimate of drug-likeness (QED) is 0.134. The minimum atomic E-state index is -1.24. The Morgan fingerprint density at radius 1 is 0.973 bits per heavy atom. The molecule has 4 atom stereocenters. The second kappa shape index (κ2) is 14.6. The van der Waals surface area contributed by atoms with E-state index in [1.807, 2.05) is 0 Å². The molecule has 0 aliphatic heterocycles. The Hall–Kier alpha value is -3.97. The number of nitrogens with one attached hydrogen (secondary N) is 4. The van der Waals surface area contributed by atoms with Gasteiger partial charge in [0, 0.05) is 24.7 Å². The van der Waals surface area contributed by atoms with Crippen molar-refractivity contribution < 1.29 is 29.4 Å². The summed E-state index contributed by atoms with van der Waals surface area (Å²) in [6.45, 7) is 1.77. The number of aliphatic carboxylic acids is 1. The van der Waals surface area contributed by atoms with Crippen molar-refractivity contribution in [3.63, 3.8) is 0 Å². The molecule has 2 aromatic rings. The Morgan fingerprint density at radius 3 is 2.19 bits per heavy atom. The van der Waals surface area contributed by atoms with Crippen molar-refractivity contribution in [2.45, 2.75) is 63.2 Å². The van der Waals surface area contributed by atoms with Gasteiger partial charge in [-0.25, -0.2) is 4.98 Å². The Morgan fingerprint density at radius 2 is 1.59 bits per heavy atom. The van der Waals surface area contributed by atoms with Crippen LogP contribution in [0.1, 0.15) is 37.4 Å². The van der Waals surface area contributed by atoms with Gasteiger partial charge in [0.2, 0.25) is 17.7 Å². The van der Waals surface area contributed by atoms with Gasteiger partial charge in [0.05, 0.1) is 12.4 Å². The zero-order valence-corrected chi connectivity index (χ0v) is 20.6. The number of amides is 3. The van der Waals surface area contributed by atoms with Gasteiger partial charge < -0.3 is 42.6 Å². The first-order chi connectivity index (χ1) is 17.6. The molecule has 1 aromatic heterocycles. The summed E-state index contributed by atoms with van der Waals surface area (Å²) in [6.07, 6.45) is 4.74. The predicted molar refractivity (Wildman–Crippen MR) is 134 cm³/mol. The summed E-state index contributed by atoms with van der Waals surface area (Å²) in [5.74, 6) is -3.13. The minimum absolute atomic E-state index is 0.00746. The highest BCUT2D eigenvalue weighted by atomic mass is 16.4. The SMILES string of the molecule is CC(NC(=O)C(Cc1ccc(O)cc1)NC(=O)C(Cc1cnc[nH]1)NC(=O)C(N)CCCCN)C(=O)O. The molecule has 2 rings (SSSR count). The van der Waals surface area contributed by atoms with Crippen LogP contribution in [0, 0.1) is 0 Å². The van der Waals surface area contributed by atoms with Crippen LogP contribution >= 0.6 is 0 Å². The molecule has 0 aliphatic carbocycles. The molecule has 3 amide bonds. The van der Waals surface area contributed by atoms with Gasteiger partial charge in [-0.1, -0.05) is 18.6 Å². The molecule has 1 heterocycles. The summed E-state index contributed by atoms with van der Waals surface area (Å²) in [6, 6.07) is 1.70. The van der Waals surface area contributed by atoms with Crippen LogP contribution < -0.4 is 27.4 Å². The fourth-order valence-electron chi connectivity index (χ4n) is 3.47. The first-order valence-electron chi connectivity index (χ1n) is 12.0. The average molecular weight is 518 g/mol. The summed E-state index contributed by atoms with van der Waals surface area (Å²) in [5.41, 5.74) is 12.6. The van der Waals surface area contributed by atoms with Gasteiger partial charge in [-0.15, -0.1) is 0 Å². The maximum absolute atomic E-state index is 13.3.